The molecule has 0 atom stereocenters. The predicted octanol–water partition coefficient (Wildman–Crippen LogP) is 3.22. The van der Waals surface area contributed by atoms with Crippen LogP contribution in [-0.4, -0.2) is 72.6 Å². The minimum atomic E-state index is -0.916. The van der Waals surface area contributed by atoms with Gasteiger partial charge in [0.05, 0.1) is 18.0 Å². The monoisotopic (exact) mass is 410 g/mol. The second-order valence-corrected chi connectivity index (χ2v) is 8.54. The SMILES string of the molecule is CC(C)(CO)N1CCN(c2ccc(N3CCN(C(=O)O)c4ccccc43)cc2)CC1. The Morgan fingerprint density at radius 1 is 0.867 bits per heavy atom. The van der Waals surface area contributed by atoms with Crippen molar-refractivity contribution in [3.8, 4) is 0 Å². The van der Waals surface area contributed by atoms with E-state index in [1.54, 1.807) is 0 Å². The lowest BCUT2D eigenvalue weighted by molar-refractivity contribution is 0.0527. The molecule has 0 radical (unpaired) electrons. The second-order valence-electron chi connectivity index (χ2n) is 8.54. The van der Waals surface area contributed by atoms with E-state index >= 15 is 0 Å². The Morgan fingerprint density at radius 2 is 1.47 bits per heavy atom. The highest BCUT2D eigenvalue weighted by Gasteiger charge is 2.30. The van der Waals surface area contributed by atoms with Crippen molar-refractivity contribution in [1.29, 1.82) is 0 Å². The zero-order valence-corrected chi connectivity index (χ0v) is 17.7. The van der Waals surface area contributed by atoms with E-state index in [1.165, 1.54) is 10.6 Å². The number of amides is 1. The molecule has 1 saturated heterocycles. The van der Waals surface area contributed by atoms with Crippen LogP contribution in [0.15, 0.2) is 48.5 Å². The molecular weight excluding hydrogens is 380 g/mol. The molecule has 0 saturated carbocycles. The first-order valence-electron chi connectivity index (χ1n) is 10.5. The van der Waals surface area contributed by atoms with Crippen LogP contribution < -0.4 is 14.7 Å². The zero-order valence-electron chi connectivity index (χ0n) is 17.7. The molecule has 1 fully saturated rings. The smallest absolute Gasteiger partial charge is 0.411 e. The number of hydrogen-bond donors (Lipinski definition) is 2. The molecule has 2 N–H and O–H groups in total. The average Bonchev–Trinajstić information content (AvgIpc) is 2.78. The number of piperazine rings is 1. The molecule has 0 aliphatic carbocycles. The Balaban J connectivity index is 1.48. The summed E-state index contributed by atoms with van der Waals surface area (Å²) in [5.74, 6) is 0. The molecule has 160 valence electrons. The van der Waals surface area contributed by atoms with Crippen LogP contribution in [0.5, 0.6) is 0 Å². The van der Waals surface area contributed by atoms with Crippen molar-refractivity contribution in [2.24, 2.45) is 0 Å². The molecular formula is C23H30N4O3. The Labute approximate surface area is 177 Å². The van der Waals surface area contributed by atoms with Gasteiger partial charge in [-0.25, -0.2) is 4.79 Å². The van der Waals surface area contributed by atoms with Crippen LogP contribution in [0.25, 0.3) is 0 Å². The Kier molecular flexibility index (Phi) is 5.58. The molecule has 2 aliphatic heterocycles. The fraction of sp³-hybridized carbons (Fsp3) is 0.435. The number of hydrogen-bond acceptors (Lipinski definition) is 5. The van der Waals surface area contributed by atoms with E-state index in [1.807, 2.05) is 24.3 Å². The molecule has 2 aromatic carbocycles. The van der Waals surface area contributed by atoms with E-state index < -0.39 is 6.09 Å². The summed E-state index contributed by atoms with van der Waals surface area (Å²) in [6, 6.07) is 16.2. The summed E-state index contributed by atoms with van der Waals surface area (Å²) in [6.07, 6.45) is -0.916. The third-order valence-corrected chi connectivity index (χ3v) is 6.29. The number of aliphatic hydroxyl groups is 1. The molecule has 30 heavy (non-hydrogen) atoms. The third kappa shape index (κ3) is 3.82. The normalized spacial score (nSPS) is 17.8. The molecule has 4 rings (SSSR count). The number of carbonyl (C=O) groups is 1. The van der Waals surface area contributed by atoms with E-state index in [2.05, 4.69) is 52.8 Å². The van der Waals surface area contributed by atoms with Crippen LogP contribution >= 0.6 is 0 Å². The number of fused-ring (bicyclic) bond motifs is 1. The van der Waals surface area contributed by atoms with Gasteiger partial charge in [0.2, 0.25) is 0 Å². The highest BCUT2D eigenvalue weighted by Crippen LogP contribution is 2.38. The Hall–Kier alpha value is -2.77. The van der Waals surface area contributed by atoms with Crippen LogP contribution in [0.2, 0.25) is 0 Å². The number of anilines is 4. The van der Waals surface area contributed by atoms with Gasteiger partial charge in [0, 0.05) is 56.2 Å². The molecule has 0 aromatic heterocycles. The van der Waals surface area contributed by atoms with Gasteiger partial charge < -0.3 is 20.0 Å². The van der Waals surface area contributed by atoms with Gasteiger partial charge in [-0.1, -0.05) is 12.1 Å². The molecule has 2 aliphatic rings. The number of aliphatic hydroxyl groups excluding tert-OH is 1. The quantitative estimate of drug-likeness (QED) is 0.807. The van der Waals surface area contributed by atoms with Crippen LogP contribution in [0.3, 0.4) is 0 Å². The van der Waals surface area contributed by atoms with Crippen molar-refractivity contribution in [2.45, 2.75) is 19.4 Å². The Bertz CT molecular complexity index is 892. The van der Waals surface area contributed by atoms with Crippen molar-refractivity contribution >= 4 is 28.8 Å². The van der Waals surface area contributed by atoms with Crippen molar-refractivity contribution < 1.29 is 15.0 Å². The molecule has 1 amide bonds. The summed E-state index contributed by atoms with van der Waals surface area (Å²) < 4.78 is 0. The average molecular weight is 411 g/mol. The minimum Gasteiger partial charge on any atom is -0.465 e. The zero-order chi connectivity index (χ0) is 21.3. The summed E-state index contributed by atoms with van der Waals surface area (Å²) in [7, 11) is 0. The summed E-state index contributed by atoms with van der Waals surface area (Å²) in [4.78, 5) is 19.9. The molecule has 7 heteroatoms. The first kappa shape index (κ1) is 20.5. The minimum absolute atomic E-state index is 0.165. The maximum Gasteiger partial charge on any atom is 0.411 e. The molecule has 2 aromatic rings. The maximum atomic E-state index is 11.6. The van der Waals surface area contributed by atoms with E-state index in [0.717, 1.165) is 43.2 Å². The lowest BCUT2D eigenvalue weighted by atomic mass is 10.0. The summed E-state index contributed by atoms with van der Waals surface area (Å²) in [6.45, 7) is 9.12. The van der Waals surface area contributed by atoms with E-state index in [4.69, 9.17) is 0 Å². The van der Waals surface area contributed by atoms with Gasteiger partial charge in [0.15, 0.2) is 0 Å². The van der Waals surface area contributed by atoms with Gasteiger partial charge in [0.1, 0.15) is 0 Å². The molecule has 0 unspecified atom stereocenters. The lowest BCUT2D eigenvalue weighted by Gasteiger charge is -2.44. The highest BCUT2D eigenvalue weighted by molar-refractivity contribution is 5.94. The van der Waals surface area contributed by atoms with Crippen LogP contribution in [-0.2, 0) is 0 Å². The third-order valence-electron chi connectivity index (χ3n) is 6.29. The summed E-state index contributed by atoms with van der Waals surface area (Å²) in [5.41, 5.74) is 3.72. The maximum absolute atomic E-state index is 11.6. The summed E-state index contributed by atoms with van der Waals surface area (Å²) in [5, 5.41) is 19.1. The number of carboxylic acid groups (broad SMARTS) is 1. The molecule has 7 nitrogen and oxygen atoms in total. The number of para-hydroxylation sites is 2. The first-order valence-corrected chi connectivity index (χ1v) is 10.5. The summed E-state index contributed by atoms with van der Waals surface area (Å²) >= 11 is 0. The molecule has 0 bridgehead atoms. The van der Waals surface area contributed by atoms with Gasteiger partial charge >= 0.3 is 6.09 Å². The largest absolute Gasteiger partial charge is 0.465 e. The predicted molar refractivity (Wildman–Crippen MR) is 120 cm³/mol. The van der Waals surface area contributed by atoms with Crippen molar-refractivity contribution in [3.05, 3.63) is 48.5 Å². The van der Waals surface area contributed by atoms with Crippen molar-refractivity contribution in [2.75, 3.05) is 60.6 Å². The van der Waals surface area contributed by atoms with Crippen molar-refractivity contribution in [1.82, 2.24) is 4.90 Å². The van der Waals surface area contributed by atoms with Crippen molar-refractivity contribution in [3.63, 3.8) is 0 Å². The van der Waals surface area contributed by atoms with E-state index in [9.17, 15) is 15.0 Å². The number of nitrogens with zero attached hydrogens (tertiary/aromatic N) is 4. The van der Waals surface area contributed by atoms with E-state index in [0.29, 0.717) is 13.1 Å². The fourth-order valence-corrected chi connectivity index (χ4v) is 4.34. The second kappa shape index (κ2) is 8.16. The van der Waals surface area contributed by atoms with E-state index in [-0.39, 0.29) is 12.1 Å². The topological polar surface area (TPSA) is 70.5 Å². The molecule has 2 heterocycles. The highest BCUT2D eigenvalue weighted by atomic mass is 16.4. The Morgan fingerprint density at radius 3 is 2.07 bits per heavy atom. The van der Waals surface area contributed by atoms with Crippen LogP contribution in [0, 0.1) is 0 Å². The standard InChI is InChI=1S/C23H30N4O3/c1-23(2,17-28)25-13-11-24(12-14-25)18-7-9-19(10-8-18)26-15-16-27(22(29)30)21-6-4-3-5-20(21)26/h3-10,28H,11-17H2,1-2H3,(H,29,30). The number of rotatable bonds is 4. The van der Waals surface area contributed by atoms with Crippen LogP contribution in [0.4, 0.5) is 27.5 Å². The first-order chi connectivity index (χ1) is 14.4. The van der Waals surface area contributed by atoms with Gasteiger partial charge in [-0.2, -0.15) is 0 Å². The van der Waals surface area contributed by atoms with Gasteiger partial charge in [-0.3, -0.25) is 9.80 Å². The fourth-order valence-electron chi connectivity index (χ4n) is 4.34. The van der Waals surface area contributed by atoms with Gasteiger partial charge in [-0.05, 0) is 50.2 Å². The van der Waals surface area contributed by atoms with Crippen LogP contribution in [0.1, 0.15) is 13.8 Å². The molecule has 0 spiro atoms. The number of benzene rings is 2. The van der Waals surface area contributed by atoms with Gasteiger partial charge in [-0.15, -0.1) is 0 Å². The lowest BCUT2D eigenvalue weighted by Crippen LogP contribution is -2.56. The van der Waals surface area contributed by atoms with Gasteiger partial charge in [0.25, 0.3) is 0 Å².